The number of hydrogen-bond donors (Lipinski definition) is 0. The number of hydrogen-bond acceptors (Lipinski definition) is 5. The van der Waals surface area contributed by atoms with E-state index in [-0.39, 0.29) is 0 Å². The zero-order chi connectivity index (χ0) is 29.6. The molecule has 1 fully saturated rings. The Morgan fingerprint density at radius 1 is 0.953 bits per heavy atom. The summed E-state index contributed by atoms with van der Waals surface area (Å²) in [6, 6.07) is 26.1. The van der Waals surface area contributed by atoms with Gasteiger partial charge in [-0.25, -0.2) is 4.98 Å². The number of piperidine rings is 1. The third kappa shape index (κ3) is 7.13. The third-order valence-corrected chi connectivity index (χ3v) is 9.89. The van der Waals surface area contributed by atoms with Gasteiger partial charge in [0, 0.05) is 45.0 Å². The van der Waals surface area contributed by atoms with Gasteiger partial charge in [0.05, 0.1) is 22.3 Å². The van der Waals surface area contributed by atoms with Gasteiger partial charge in [-0.05, 0) is 125 Å². The van der Waals surface area contributed by atoms with Crippen LogP contribution in [0.15, 0.2) is 79.0 Å². The lowest BCUT2D eigenvalue weighted by Gasteiger charge is -2.31. The summed E-state index contributed by atoms with van der Waals surface area (Å²) in [6.45, 7) is 6.61. The largest absolute Gasteiger partial charge is 0.457 e. The monoisotopic (exact) mass is 608 g/mol. The quantitative estimate of drug-likeness (QED) is 0.150. The van der Waals surface area contributed by atoms with Crippen LogP contribution in [0, 0.1) is 11.3 Å². The van der Waals surface area contributed by atoms with Crippen LogP contribution in [0.3, 0.4) is 0 Å². The Morgan fingerprint density at radius 2 is 1.70 bits per heavy atom. The zero-order valence-electron chi connectivity index (χ0n) is 24.6. The van der Waals surface area contributed by atoms with Gasteiger partial charge in [0.25, 0.3) is 0 Å². The minimum Gasteiger partial charge on any atom is -0.457 e. The van der Waals surface area contributed by atoms with Gasteiger partial charge in [-0.3, -0.25) is 0 Å². The van der Waals surface area contributed by atoms with E-state index in [0.29, 0.717) is 10.9 Å². The zero-order valence-corrected chi connectivity index (χ0v) is 26.2. The molecule has 3 aromatic carbocycles. The summed E-state index contributed by atoms with van der Waals surface area (Å²) in [6.07, 6.45) is 9.04. The Hall–Kier alpha value is -3.63. The predicted molar refractivity (Wildman–Crippen MR) is 177 cm³/mol. The van der Waals surface area contributed by atoms with Crippen molar-refractivity contribution >= 4 is 33.8 Å². The normalized spacial score (nSPS) is 14.3. The lowest BCUT2D eigenvalue weighted by atomic mass is 9.97. The van der Waals surface area contributed by atoms with Crippen molar-refractivity contribution in [2.75, 3.05) is 19.6 Å². The van der Waals surface area contributed by atoms with E-state index in [2.05, 4.69) is 52.9 Å². The van der Waals surface area contributed by atoms with Crippen molar-refractivity contribution in [2.45, 2.75) is 57.9 Å². The number of benzene rings is 3. The number of aryl methyl sites for hydroxylation is 2. The van der Waals surface area contributed by atoms with E-state index in [4.69, 9.17) is 26.6 Å². The summed E-state index contributed by atoms with van der Waals surface area (Å²) in [5, 5.41) is 12.3. The molecule has 0 saturated carbocycles. The molecular weight excluding hydrogens is 572 g/mol. The Labute approximate surface area is 263 Å². The molecule has 3 heterocycles. The van der Waals surface area contributed by atoms with Crippen LogP contribution in [-0.2, 0) is 13.0 Å². The van der Waals surface area contributed by atoms with E-state index in [9.17, 15) is 0 Å². The Bertz CT molecular complexity index is 1690. The highest BCUT2D eigenvalue weighted by atomic mass is 35.5. The second-order valence-corrected chi connectivity index (χ2v) is 12.9. The minimum atomic E-state index is 0.533. The highest BCUT2D eigenvalue weighted by Gasteiger charge is 2.25. The Balaban J connectivity index is 1.06. The number of ether oxygens (including phenoxy) is 1. The number of nitrogens with zero attached hydrogens (tertiary/aromatic N) is 4. The van der Waals surface area contributed by atoms with Gasteiger partial charge in [0.15, 0.2) is 0 Å². The van der Waals surface area contributed by atoms with Crippen LogP contribution in [-0.4, -0.2) is 34.1 Å². The van der Waals surface area contributed by atoms with E-state index in [0.717, 1.165) is 85.6 Å². The number of thiazole rings is 1. The summed E-state index contributed by atoms with van der Waals surface area (Å²) in [5.74, 6) is 2.11. The maximum Gasteiger partial charge on any atom is 0.127 e. The second kappa shape index (κ2) is 13.8. The smallest absolute Gasteiger partial charge is 0.127 e. The van der Waals surface area contributed by atoms with Gasteiger partial charge in [0.1, 0.15) is 11.5 Å². The molecule has 6 rings (SSSR count). The van der Waals surface area contributed by atoms with Gasteiger partial charge in [0.2, 0.25) is 0 Å². The Morgan fingerprint density at radius 3 is 2.42 bits per heavy atom. The fraction of sp³-hybridized carbons (Fsp3) is 0.333. The molecule has 1 aliphatic heterocycles. The van der Waals surface area contributed by atoms with Crippen LogP contribution in [0.25, 0.3) is 22.2 Å². The molecule has 1 saturated heterocycles. The van der Waals surface area contributed by atoms with Crippen molar-refractivity contribution in [3.63, 3.8) is 0 Å². The van der Waals surface area contributed by atoms with E-state index in [1.165, 1.54) is 28.2 Å². The van der Waals surface area contributed by atoms with Crippen LogP contribution in [0.1, 0.15) is 60.4 Å². The molecule has 7 heteroatoms. The SMILES string of the molecule is CCCCc1sc(C2CCN(CCCn3ccc4cc(C#N)ccc43)CC2)nc1-c1ccc(Oc2ccc(Cl)cc2)cc1. The summed E-state index contributed by atoms with van der Waals surface area (Å²) in [5.41, 5.74) is 4.24. The van der Waals surface area contributed by atoms with Gasteiger partial charge >= 0.3 is 0 Å². The van der Waals surface area contributed by atoms with Crippen LogP contribution in [0.2, 0.25) is 5.02 Å². The third-order valence-electron chi connectivity index (χ3n) is 8.36. The lowest BCUT2D eigenvalue weighted by molar-refractivity contribution is 0.207. The maximum atomic E-state index is 9.17. The fourth-order valence-corrected chi connectivity index (χ4v) is 7.35. The van der Waals surface area contributed by atoms with E-state index < -0.39 is 0 Å². The average molecular weight is 609 g/mol. The number of likely N-dealkylation sites (tertiary alicyclic amines) is 1. The number of aromatic nitrogens is 2. The first-order valence-corrected chi connectivity index (χ1v) is 16.5. The number of halogens is 1. The highest BCUT2D eigenvalue weighted by molar-refractivity contribution is 7.12. The molecule has 0 atom stereocenters. The second-order valence-electron chi connectivity index (χ2n) is 11.4. The molecule has 220 valence electrons. The predicted octanol–water partition coefficient (Wildman–Crippen LogP) is 9.69. The first-order chi connectivity index (χ1) is 21.1. The van der Waals surface area contributed by atoms with Crippen molar-refractivity contribution in [1.82, 2.24) is 14.5 Å². The molecule has 0 aliphatic carbocycles. The highest BCUT2D eigenvalue weighted by Crippen LogP contribution is 2.38. The number of nitriles is 1. The molecule has 1 aliphatic rings. The summed E-state index contributed by atoms with van der Waals surface area (Å²) in [7, 11) is 0. The van der Waals surface area contributed by atoms with E-state index in [1.54, 1.807) is 0 Å². The van der Waals surface area contributed by atoms with Crippen molar-refractivity contribution in [3.8, 4) is 28.8 Å². The molecule has 0 radical (unpaired) electrons. The topological polar surface area (TPSA) is 54.1 Å². The molecule has 0 spiro atoms. The first-order valence-electron chi connectivity index (χ1n) is 15.3. The minimum absolute atomic E-state index is 0.533. The molecule has 0 unspecified atom stereocenters. The molecule has 5 nitrogen and oxygen atoms in total. The van der Waals surface area contributed by atoms with Gasteiger partial charge < -0.3 is 14.2 Å². The molecule has 5 aromatic rings. The van der Waals surface area contributed by atoms with Gasteiger partial charge in [-0.2, -0.15) is 5.26 Å². The summed E-state index contributed by atoms with van der Waals surface area (Å²) < 4.78 is 8.33. The van der Waals surface area contributed by atoms with Crippen molar-refractivity contribution in [3.05, 3.63) is 99.5 Å². The van der Waals surface area contributed by atoms with Crippen LogP contribution in [0.4, 0.5) is 0 Å². The lowest BCUT2D eigenvalue weighted by Crippen LogP contribution is -2.34. The maximum absolute atomic E-state index is 9.17. The van der Waals surface area contributed by atoms with Crippen LogP contribution in [0.5, 0.6) is 11.5 Å². The first kappa shape index (κ1) is 29.4. The molecule has 0 N–H and O–H groups in total. The molecule has 0 bridgehead atoms. The summed E-state index contributed by atoms with van der Waals surface area (Å²) in [4.78, 5) is 9.29. The number of rotatable bonds is 11. The van der Waals surface area contributed by atoms with Crippen LogP contribution >= 0.6 is 22.9 Å². The van der Waals surface area contributed by atoms with Crippen LogP contribution < -0.4 is 4.74 Å². The average Bonchev–Trinajstić information content (AvgIpc) is 3.66. The molecule has 0 amide bonds. The molecular formula is C36H37ClN4OS. The van der Waals surface area contributed by atoms with Crippen molar-refractivity contribution < 1.29 is 4.74 Å². The standard InChI is InChI=1S/C36H37ClN4OS/c1-2-3-5-34-35(27-7-11-31(12-8-27)42-32-13-9-30(37)10-14-32)39-36(43-34)28-16-21-40(22-17-28)19-4-20-41-23-18-29-24-26(25-38)6-15-33(29)41/h6-15,18,23-24,28H,2-5,16-17,19-22H2,1H3. The molecule has 2 aromatic heterocycles. The van der Waals surface area contributed by atoms with Crippen molar-refractivity contribution in [2.24, 2.45) is 0 Å². The molecule has 43 heavy (non-hydrogen) atoms. The Kier molecular flexibility index (Phi) is 9.43. The fourth-order valence-electron chi connectivity index (χ4n) is 5.93. The van der Waals surface area contributed by atoms with Gasteiger partial charge in [-0.1, -0.05) is 24.9 Å². The number of unbranched alkanes of at least 4 members (excludes halogenated alkanes) is 1. The van der Waals surface area contributed by atoms with Gasteiger partial charge in [-0.15, -0.1) is 11.3 Å². The summed E-state index contributed by atoms with van der Waals surface area (Å²) >= 11 is 7.94. The van der Waals surface area contributed by atoms with Crippen molar-refractivity contribution in [1.29, 1.82) is 5.26 Å². The van der Waals surface area contributed by atoms with E-state index >= 15 is 0 Å². The number of fused-ring (bicyclic) bond motifs is 1. The van der Waals surface area contributed by atoms with E-state index in [1.807, 2.05) is 59.9 Å².